The van der Waals surface area contributed by atoms with Gasteiger partial charge in [-0.2, -0.15) is 0 Å². The lowest BCUT2D eigenvalue weighted by molar-refractivity contribution is -0.896. The van der Waals surface area contributed by atoms with E-state index in [1.165, 1.54) is 11.8 Å². The molecule has 1 heterocycles. The van der Waals surface area contributed by atoms with E-state index in [0.717, 1.165) is 31.6 Å². The summed E-state index contributed by atoms with van der Waals surface area (Å²) in [7, 11) is 0. The summed E-state index contributed by atoms with van der Waals surface area (Å²) < 4.78 is 0. The number of amides is 1. The van der Waals surface area contributed by atoms with Gasteiger partial charge in [0, 0.05) is 13.0 Å². The van der Waals surface area contributed by atoms with Crippen molar-refractivity contribution in [3.05, 3.63) is 47.2 Å². The van der Waals surface area contributed by atoms with Crippen molar-refractivity contribution in [2.75, 3.05) is 26.2 Å². The van der Waals surface area contributed by atoms with Crippen LogP contribution in [0.2, 0.25) is 0 Å². The molecule has 1 aromatic rings. The molecule has 0 bridgehead atoms. The molecule has 2 N–H and O–H groups in total. The van der Waals surface area contributed by atoms with Crippen LogP contribution in [-0.2, 0) is 9.59 Å². The minimum atomic E-state index is -0.483. The second-order valence-electron chi connectivity index (χ2n) is 6.19. The molecule has 5 nitrogen and oxygen atoms in total. The molecule has 2 rings (SSSR count). The van der Waals surface area contributed by atoms with Gasteiger partial charge in [0.15, 0.2) is 11.5 Å². The molecular weight excluding hydrogens is 304 g/mol. The highest BCUT2D eigenvalue weighted by Crippen LogP contribution is 2.37. The number of aliphatic hydroxyl groups is 1. The zero-order valence-electron chi connectivity index (χ0n) is 14.7. The van der Waals surface area contributed by atoms with Crippen LogP contribution in [0.4, 0.5) is 0 Å². The topological polar surface area (TPSA) is 62.1 Å². The Morgan fingerprint density at radius 1 is 1.21 bits per heavy atom. The lowest BCUT2D eigenvalue weighted by atomic mass is 9.97. The Balaban J connectivity index is 2.23. The van der Waals surface area contributed by atoms with Crippen molar-refractivity contribution in [3.8, 4) is 0 Å². The van der Waals surface area contributed by atoms with Gasteiger partial charge in [-0.1, -0.05) is 30.3 Å². The van der Waals surface area contributed by atoms with Crippen LogP contribution < -0.4 is 4.90 Å². The van der Waals surface area contributed by atoms with Crippen LogP contribution in [0.15, 0.2) is 41.7 Å². The van der Waals surface area contributed by atoms with Gasteiger partial charge in [-0.15, -0.1) is 0 Å². The van der Waals surface area contributed by atoms with Gasteiger partial charge in [0.05, 0.1) is 31.2 Å². The van der Waals surface area contributed by atoms with Gasteiger partial charge in [0.2, 0.25) is 0 Å². The predicted molar refractivity (Wildman–Crippen MR) is 92.8 cm³/mol. The molecule has 1 amide bonds. The van der Waals surface area contributed by atoms with Gasteiger partial charge in [0.1, 0.15) is 0 Å². The van der Waals surface area contributed by atoms with E-state index in [-0.39, 0.29) is 11.4 Å². The second kappa shape index (κ2) is 8.11. The number of hydrogen-bond acceptors (Lipinski definition) is 3. The first-order valence-electron chi connectivity index (χ1n) is 8.64. The summed E-state index contributed by atoms with van der Waals surface area (Å²) in [6, 6.07) is 8.95. The number of Topliss-reactive ketones (excluding diaryl/α,β-unsaturated/α-hetero) is 1. The van der Waals surface area contributed by atoms with E-state index in [9.17, 15) is 14.7 Å². The minimum Gasteiger partial charge on any atom is -0.503 e. The molecule has 0 aliphatic carbocycles. The molecule has 24 heavy (non-hydrogen) atoms. The smallest absolute Gasteiger partial charge is 0.290 e. The largest absolute Gasteiger partial charge is 0.503 e. The number of hydrogen-bond donors (Lipinski definition) is 2. The Kier molecular flexibility index (Phi) is 6.15. The van der Waals surface area contributed by atoms with Crippen molar-refractivity contribution in [1.82, 2.24) is 4.90 Å². The maximum absolute atomic E-state index is 12.5. The number of quaternary nitrogens is 1. The third-order valence-electron chi connectivity index (χ3n) is 4.73. The van der Waals surface area contributed by atoms with Crippen molar-refractivity contribution in [2.24, 2.45) is 0 Å². The number of carbonyl (C=O) groups excluding carboxylic acids is 2. The van der Waals surface area contributed by atoms with Crippen molar-refractivity contribution >= 4 is 11.7 Å². The summed E-state index contributed by atoms with van der Waals surface area (Å²) in [6.45, 7) is 9.29. The van der Waals surface area contributed by atoms with Gasteiger partial charge in [-0.05, 0) is 26.3 Å². The maximum Gasteiger partial charge on any atom is 0.290 e. The summed E-state index contributed by atoms with van der Waals surface area (Å²) in [5.41, 5.74) is 1.07. The summed E-state index contributed by atoms with van der Waals surface area (Å²) in [5, 5.41) is 10.2. The Morgan fingerprint density at radius 2 is 1.83 bits per heavy atom. The molecule has 1 aliphatic rings. The van der Waals surface area contributed by atoms with Gasteiger partial charge in [-0.25, -0.2) is 0 Å². The zero-order chi connectivity index (χ0) is 17.7. The molecule has 5 heteroatoms. The number of aliphatic hydroxyl groups excluding tert-OH is 1. The minimum absolute atomic E-state index is 0.210. The normalized spacial score (nSPS) is 17.9. The van der Waals surface area contributed by atoms with E-state index < -0.39 is 17.7 Å². The lowest BCUT2D eigenvalue weighted by Crippen LogP contribution is -3.11. The molecule has 1 aromatic carbocycles. The number of benzene rings is 1. The van der Waals surface area contributed by atoms with Gasteiger partial charge in [-0.3, -0.25) is 9.59 Å². The fourth-order valence-corrected chi connectivity index (χ4v) is 3.33. The molecular formula is C19H27N2O3+. The van der Waals surface area contributed by atoms with Crippen LogP contribution in [-0.4, -0.2) is 47.9 Å². The summed E-state index contributed by atoms with van der Waals surface area (Å²) >= 11 is 0. The monoisotopic (exact) mass is 331 g/mol. The highest BCUT2D eigenvalue weighted by Gasteiger charge is 2.41. The third-order valence-corrected chi connectivity index (χ3v) is 4.73. The van der Waals surface area contributed by atoms with E-state index in [4.69, 9.17) is 0 Å². The lowest BCUT2D eigenvalue weighted by Gasteiger charge is -2.27. The van der Waals surface area contributed by atoms with Crippen molar-refractivity contribution in [3.63, 3.8) is 0 Å². The average molecular weight is 331 g/mol. The molecule has 130 valence electrons. The first-order chi connectivity index (χ1) is 11.5. The molecule has 0 saturated carbocycles. The van der Waals surface area contributed by atoms with E-state index in [1.807, 2.05) is 30.3 Å². The van der Waals surface area contributed by atoms with Crippen LogP contribution >= 0.6 is 0 Å². The third kappa shape index (κ3) is 3.67. The average Bonchev–Trinajstić information content (AvgIpc) is 2.84. The van der Waals surface area contributed by atoms with Gasteiger partial charge in [0.25, 0.3) is 5.91 Å². The molecule has 0 fully saturated rings. The Morgan fingerprint density at radius 3 is 2.38 bits per heavy atom. The molecule has 1 aliphatic heterocycles. The first kappa shape index (κ1) is 18.2. The van der Waals surface area contributed by atoms with Crippen molar-refractivity contribution < 1.29 is 19.6 Å². The Hall–Kier alpha value is -2.14. The number of ketones is 1. The number of nitrogens with one attached hydrogen (secondary N) is 1. The SMILES string of the molecule is CC[NH+](CC)CCCN1C(=O)C(O)=C(C(C)=O)C1c1ccccc1. The molecule has 0 aromatic heterocycles. The molecule has 1 atom stereocenters. The summed E-state index contributed by atoms with van der Waals surface area (Å²) in [4.78, 5) is 27.6. The molecule has 0 radical (unpaired) electrons. The van der Waals surface area contributed by atoms with Crippen LogP contribution in [0.25, 0.3) is 0 Å². The van der Waals surface area contributed by atoms with E-state index in [0.29, 0.717) is 6.54 Å². The Labute approximate surface area is 143 Å². The second-order valence-corrected chi connectivity index (χ2v) is 6.19. The standard InChI is InChI=1S/C19H26N2O3/c1-4-20(5-2)12-9-13-21-17(15-10-7-6-8-11-15)16(14(3)22)18(23)19(21)24/h6-8,10-11,17,23H,4-5,9,12-13H2,1-3H3/p+1. The number of rotatable bonds is 8. The fourth-order valence-electron chi connectivity index (χ4n) is 3.33. The van der Waals surface area contributed by atoms with Crippen LogP contribution in [0.1, 0.15) is 38.8 Å². The van der Waals surface area contributed by atoms with E-state index in [2.05, 4.69) is 13.8 Å². The van der Waals surface area contributed by atoms with Crippen molar-refractivity contribution in [2.45, 2.75) is 33.2 Å². The number of nitrogens with zero attached hydrogens (tertiary/aromatic N) is 1. The number of carbonyl (C=O) groups is 2. The van der Waals surface area contributed by atoms with Crippen LogP contribution in [0.5, 0.6) is 0 Å². The van der Waals surface area contributed by atoms with Gasteiger partial charge < -0.3 is 14.9 Å². The predicted octanol–water partition coefficient (Wildman–Crippen LogP) is 1.29. The first-order valence-corrected chi connectivity index (χ1v) is 8.64. The zero-order valence-corrected chi connectivity index (χ0v) is 14.7. The quantitative estimate of drug-likeness (QED) is 0.754. The summed E-state index contributed by atoms with van der Waals surface area (Å²) in [5.74, 6) is -1.10. The molecule has 0 saturated heterocycles. The van der Waals surface area contributed by atoms with Gasteiger partial charge >= 0.3 is 0 Å². The molecule has 0 spiro atoms. The van der Waals surface area contributed by atoms with E-state index >= 15 is 0 Å². The fraction of sp³-hybridized carbons (Fsp3) is 0.474. The summed E-state index contributed by atoms with van der Waals surface area (Å²) in [6.07, 6.45) is 0.838. The highest BCUT2D eigenvalue weighted by atomic mass is 16.3. The van der Waals surface area contributed by atoms with E-state index in [1.54, 1.807) is 4.90 Å². The molecule has 1 unspecified atom stereocenters. The van der Waals surface area contributed by atoms with Crippen LogP contribution in [0, 0.1) is 0 Å². The Bertz CT molecular complexity index is 621. The maximum atomic E-state index is 12.5. The highest BCUT2D eigenvalue weighted by molar-refractivity contribution is 6.08. The van der Waals surface area contributed by atoms with Crippen LogP contribution in [0.3, 0.4) is 0 Å². The van der Waals surface area contributed by atoms with Crippen molar-refractivity contribution in [1.29, 1.82) is 0 Å².